The lowest BCUT2D eigenvalue weighted by Gasteiger charge is -2.18. The lowest BCUT2D eigenvalue weighted by molar-refractivity contribution is 0.520. The van der Waals surface area contributed by atoms with E-state index in [4.69, 9.17) is 11.6 Å². The van der Waals surface area contributed by atoms with Crippen molar-refractivity contribution in [3.05, 3.63) is 47.0 Å². The van der Waals surface area contributed by atoms with Crippen LogP contribution in [0.2, 0.25) is 5.02 Å². The number of halogens is 1. The van der Waals surface area contributed by atoms with Crippen LogP contribution < -0.4 is 5.32 Å². The molecule has 1 atom stereocenters. The number of rotatable bonds is 6. The molecule has 16 heavy (non-hydrogen) atoms. The van der Waals surface area contributed by atoms with Crippen LogP contribution in [0, 0.1) is 6.92 Å². The SMILES string of the molecule is C=CCCC(NCC)c1ccc(C)c(Cl)c1. The largest absolute Gasteiger partial charge is 0.310 e. The van der Waals surface area contributed by atoms with Crippen molar-refractivity contribution in [3.63, 3.8) is 0 Å². The third kappa shape index (κ3) is 3.66. The predicted molar refractivity (Wildman–Crippen MR) is 72.0 cm³/mol. The van der Waals surface area contributed by atoms with Gasteiger partial charge in [0.05, 0.1) is 0 Å². The molecule has 0 radical (unpaired) electrons. The van der Waals surface area contributed by atoms with Gasteiger partial charge in [0.1, 0.15) is 0 Å². The molecule has 0 amide bonds. The van der Waals surface area contributed by atoms with Gasteiger partial charge in [0, 0.05) is 11.1 Å². The molecule has 1 unspecified atom stereocenters. The number of aryl methyl sites for hydroxylation is 1. The van der Waals surface area contributed by atoms with Crippen LogP contribution in [-0.4, -0.2) is 6.54 Å². The molecule has 1 rings (SSSR count). The summed E-state index contributed by atoms with van der Waals surface area (Å²) in [4.78, 5) is 0. The normalized spacial score (nSPS) is 12.4. The molecule has 2 heteroatoms. The van der Waals surface area contributed by atoms with Gasteiger partial charge in [-0.25, -0.2) is 0 Å². The Morgan fingerprint density at radius 3 is 2.81 bits per heavy atom. The second-order valence-corrected chi connectivity index (χ2v) is 4.39. The highest BCUT2D eigenvalue weighted by atomic mass is 35.5. The van der Waals surface area contributed by atoms with Crippen LogP contribution in [0.15, 0.2) is 30.9 Å². The van der Waals surface area contributed by atoms with Gasteiger partial charge >= 0.3 is 0 Å². The summed E-state index contributed by atoms with van der Waals surface area (Å²) in [6.45, 7) is 8.88. The summed E-state index contributed by atoms with van der Waals surface area (Å²) in [5, 5.41) is 4.32. The Kier molecular flexibility index (Phi) is 5.58. The monoisotopic (exact) mass is 237 g/mol. The standard InChI is InChI=1S/C14H20ClN/c1-4-6-7-14(16-5-2)12-9-8-11(3)13(15)10-12/h4,8-10,14,16H,1,5-7H2,2-3H3. The maximum absolute atomic E-state index is 6.14. The molecular formula is C14H20ClN. The Balaban J connectivity index is 2.82. The fraction of sp³-hybridized carbons (Fsp3) is 0.429. The molecule has 0 bridgehead atoms. The Labute approximate surface area is 104 Å². The van der Waals surface area contributed by atoms with Crippen molar-refractivity contribution in [3.8, 4) is 0 Å². The van der Waals surface area contributed by atoms with Crippen molar-refractivity contribution < 1.29 is 0 Å². The van der Waals surface area contributed by atoms with Crippen LogP contribution in [0.1, 0.15) is 36.9 Å². The van der Waals surface area contributed by atoms with E-state index in [-0.39, 0.29) is 0 Å². The summed E-state index contributed by atoms with van der Waals surface area (Å²) in [5.74, 6) is 0. The smallest absolute Gasteiger partial charge is 0.0438 e. The minimum Gasteiger partial charge on any atom is -0.310 e. The molecule has 0 aliphatic carbocycles. The second-order valence-electron chi connectivity index (χ2n) is 3.98. The maximum atomic E-state index is 6.14. The van der Waals surface area contributed by atoms with E-state index in [0.717, 1.165) is 30.0 Å². The number of hydrogen-bond acceptors (Lipinski definition) is 1. The summed E-state index contributed by atoms with van der Waals surface area (Å²) in [7, 11) is 0. The zero-order valence-electron chi connectivity index (χ0n) is 10.1. The lowest BCUT2D eigenvalue weighted by atomic mass is 10.0. The van der Waals surface area contributed by atoms with E-state index >= 15 is 0 Å². The highest BCUT2D eigenvalue weighted by Gasteiger charge is 2.10. The Morgan fingerprint density at radius 1 is 1.50 bits per heavy atom. The molecule has 88 valence electrons. The molecule has 0 aliphatic rings. The highest BCUT2D eigenvalue weighted by Crippen LogP contribution is 2.24. The van der Waals surface area contributed by atoms with Crippen molar-refractivity contribution in [2.75, 3.05) is 6.54 Å². The fourth-order valence-corrected chi connectivity index (χ4v) is 1.93. The molecule has 1 N–H and O–H groups in total. The van der Waals surface area contributed by atoms with Crippen LogP contribution in [0.25, 0.3) is 0 Å². The van der Waals surface area contributed by atoms with Gasteiger partial charge in [-0.15, -0.1) is 6.58 Å². The molecule has 0 saturated carbocycles. The Morgan fingerprint density at radius 2 is 2.25 bits per heavy atom. The number of nitrogens with one attached hydrogen (secondary N) is 1. The first-order chi connectivity index (χ1) is 7.69. The van der Waals surface area contributed by atoms with Gasteiger partial charge in [-0.1, -0.05) is 36.7 Å². The van der Waals surface area contributed by atoms with E-state index in [2.05, 4.69) is 37.0 Å². The zero-order valence-corrected chi connectivity index (χ0v) is 10.8. The quantitative estimate of drug-likeness (QED) is 0.729. The summed E-state index contributed by atoms with van der Waals surface area (Å²) in [5.41, 5.74) is 2.39. The average Bonchev–Trinajstić information content (AvgIpc) is 2.28. The van der Waals surface area contributed by atoms with Crippen molar-refractivity contribution in [2.24, 2.45) is 0 Å². The van der Waals surface area contributed by atoms with Gasteiger partial charge in [-0.2, -0.15) is 0 Å². The lowest BCUT2D eigenvalue weighted by Crippen LogP contribution is -2.20. The Hall–Kier alpha value is -0.790. The van der Waals surface area contributed by atoms with Gasteiger partial charge in [-0.05, 0) is 43.5 Å². The van der Waals surface area contributed by atoms with Gasteiger partial charge in [0.15, 0.2) is 0 Å². The molecule has 1 aromatic carbocycles. The van der Waals surface area contributed by atoms with Crippen LogP contribution in [0.3, 0.4) is 0 Å². The third-order valence-electron chi connectivity index (χ3n) is 2.71. The molecule has 0 aliphatic heterocycles. The summed E-state index contributed by atoms with van der Waals surface area (Å²) < 4.78 is 0. The first-order valence-electron chi connectivity index (χ1n) is 5.79. The summed E-state index contributed by atoms with van der Waals surface area (Å²) >= 11 is 6.14. The molecule has 0 spiro atoms. The average molecular weight is 238 g/mol. The predicted octanol–water partition coefficient (Wildman–Crippen LogP) is 4.27. The van der Waals surface area contributed by atoms with E-state index in [1.807, 2.05) is 13.0 Å². The minimum atomic E-state index is 0.376. The van der Waals surface area contributed by atoms with Crippen LogP contribution in [-0.2, 0) is 0 Å². The first-order valence-corrected chi connectivity index (χ1v) is 6.17. The first kappa shape index (κ1) is 13.3. The van der Waals surface area contributed by atoms with Crippen molar-refractivity contribution in [1.29, 1.82) is 0 Å². The van der Waals surface area contributed by atoms with Crippen LogP contribution in [0.4, 0.5) is 0 Å². The fourth-order valence-electron chi connectivity index (χ4n) is 1.74. The number of hydrogen-bond donors (Lipinski definition) is 1. The van der Waals surface area contributed by atoms with E-state index in [0.29, 0.717) is 6.04 Å². The zero-order chi connectivity index (χ0) is 12.0. The van der Waals surface area contributed by atoms with Gasteiger partial charge in [-0.3, -0.25) is 0 Å². The van der Waals surface area contributed by atoms with Crippen molar-refractivity contribution >= 4 is 11.6 Å². The van der Waals surface area contributed by atoms with Crippen LogP contribution in [0.5, 0.6) is 0 Å². The summed E-state index contributed by atoms with van der Waals surface area (Å²) in [6.07, 6.45) is 4.04. The molecule has 1 nitrogen and oxygen atoms in total. The summed E-state index contributed by atoms with van der Waals surface area (Å²) in [6, 6.07) is 6.67. The van der Waals surface area contributed by atoms with Crippen molar-refractivity contribution in [2.45, 2.75) is 32.7 Å². The van der Waals surface area contributed by atoms with Gasteiger partial charge < -0.3 is 5.32 Å². The molecular weight excluding hydrogens is 218 g/mol. The number of allylic oxidation sites excluding steroid dienone is 1. The molecule has 1 aromatic rings. The van der Waals surface area contributed by atoms with E-state index in [9.17, 15) is 0 Å². The van der Waals surface area contributed by atoms with Gasteiger partial charge in [0.2, 0.25) is 0 Å². The molecule has 0 fully saturated rings. The van der Waals surface area contributed by atoms with Crippen LogP contribution >= 0.6 is 11.6 Å². The van der Waals surface area contributed by atoms with Crippen molar-refractivity contribution in [1.82, 2.24) is 5.32 Å². The molecule has 0 heterocycles. The Bertz CT molecular complexity index is 347. The third-order valence-corrected chi connectivity index (χ3v) is 3.12. The van der Waals surface area contributed by atoms with Gasteiger partial charge in [0.25, 0.3) is 0 Å². The minimum absolute atomic E-state index is 0.376. The maximum Gasteiger partial charge on any atom is 0.0438 e. The topological polar surface area (TPSA) is 12.0 Å². The highest BCUT2D eigenvalue weighted by molar-refractivity contribution is 6.31. The molecule has 0 aromatic heterocycles. The van der Waals surface area contributed by atoms with E-state index in [1.165, 1.54) is 5.56 Å². The second kappa shape index (κ2) is 6.72. The van der Waals surface area contributed by atoms with E-state index in [1.54, 1.807) is 0 Å². The molecule has 0 saturated heterocycles. The van der Waals surface area contributed by atoms with E-state index < -0.39 is 0 Å². The number of benzene rings is 1.